The van der Waals surface area contributed by atoms with E-state index in [1.54, 1.807) is 19.3 Å². The van der Waals surface area contributed by atoms with Crippen molar-refractivity contribution >= 4 is 11.9 Å². The summed E-state index contributed by atoms with van der Waals surface area (Å²) >= 11 is 0. The maximum absolute atomic E-state index is 12.0. The molecule has 0 aromatic carbocycles. The lowest BCUT2D eigenvalue weighted by atomic mass is 10.0. The van der Waals surface area contributed by atoms with Gasteiger partial charge in [-0.25, -0.2) is 4.98 Å². The van der Waals surface area contributed by atoms with Crippen LogP contribution in [0.25, 0.3) is 0 Å². The summed E-state index contributed by atoms with van der Waals surface area (Å²) in [5, 5.41) is 6.48. The lowest BCUT2D eigenvalue weighted by Gasteiger charge is -2.04. The highest BCUT2D eigenvalue weighted by molar-refractivity contribution is 6.04. The zero-order valence-corrected chi connectivity index (χ0v) is 9.94. The average molecular weight is 234 g/mol. The van der Waals surface area contributed by atoms with E-state index in [-0.39, 0.29) is 11.8 Å². The van der Waals surface area contributed by atoms with Gasteiger partial charge in [-0.3, -0.25) is 10.1 Å². The minimum absolute atomic E-state index is 0.105. The normalized spacial score (nSPS) is 10.8. The lowest BCUT2D eigenvalue weighted by Crippen LogP contribution is -2.15. The number of nitrogens with zero attached hydrogens (tertiary/aromatic N) is 2. The molecule has 0 aliphatic rings. The number of H-pyrrole nitrogens is 1. The molecule has 6 nitrogen and oxygen atoms in total. The number of nitrogens with one attached hydrogen (secondary N) is 2. The van der Waals surface area contributed by atoms with Gasteiger partial charge >= 0.3 is 0 Å². The van der Waals surface area contributed by atoms with Gasteiger partial charge in [-0.2, -0.15) is 0 Å². The molecule has 0 aliphatic heterocycles. The maximum atomic E-state index is 12.0. The van der Waals surface area contributed by atoms with Gasteiger partial charge in [0.2, 0.25) is 5.95 Å². The molecule has 2 N–H and O–H groups in total. The summed E-state index contributed by atoms with van der Waals surface area (Å²) in [5.74, 6) is 0.841. The second kappa shape index (κ2) is 4.40. The number of carbonyl (C=O) groups excluding carboxylic acids is 1. The summed E-state index contributed by atoms with van der Waals surface area (Å²) in [6.07, 6.45) is 3.21. The second-order valence-electron chi connectivity index (χ2n) is 4.05. The highest BCUT2D eigenvalue weighted by atomic mass is 16.5. The Morgan fingerprint density at radius 1 is 1.53 bits per heavy atom. The number of aromatic nitrogens is 3. The average Bonchev–Trinajstić information content (AvgIpc) is 2.86. The SMILES string of the molecule is Cc1noc(C(C)C)c1C(=O)Nc1ncc[nH]1. The molecule has 2 heterocycles. The Morgan fingerprint density at radius 3 is 2.88 bits per heavy atom. The van der Waals surface area contributed by atoms with E-state index in [9.17, 15) is 4.79 Å². The van der Waals surface area contributed by atoms with Crippen molar-refractivity contribution in [1.82, 2.24) is 15.1 Å². The Hall–Kier alpha value is -2.11. The fourth-order valence-electron chi connectivity index (χ4n) is 1.56. The van der Waals surface area contributed by atoms with Crippen molar-refractivity contribution in [2.24, 2.45) is 0 Å². The number of anilines is 1. The molecule has 90 valence electrons. The highest BCUT2D eigenvalue weighted by Gasteiger charge is 2.22. The number of hydrogen-bond donors (Lipinski definition) is 2. The van der Waals surface area contributed by atoms with E-state index in [1.165, 1.54) is 0 Å². The third-order valence-electron chi connectivity index (χ3n) is 2.37. The minimum Gasteiger partial charge on any atom is -0.360 e. The van der Waals surface area contributed by atoms with Crippen LogP contribution >= 0.6 is 0 Å². The molecule has 6 heteroatoms. The van der Waals surface area contributed by atoms with E-state index in [4.69, 9.17) is 4.52 Å². The van der Waals surface area contributed by atoms with E-state index < -0.39 is 0 Å². The first-order valence-electron chi connectivity index (χ1n) is 5.36. The Morgan fingerprint density at radius 2 is 2.29 bits per heavy atom. The molecule has 0 radical (unpaired) electrons. The van der Waals surface area contributed by atoms with Crippen LogP contribution < -0.4 is 5.32 Å². The number of imidazole rings is 1. The van der Waals surface area contributed by atoms with Gasteiger partial charge in [0.25, 0.3) is 5.91 Å². The fraction of sp³-hybridized carbons (Fsp3) is 0.364. The van der Waals surface area contributed by atoms with Gasteiger partial charge in [-0.1, -0.05) is 19.0 Å². The molecule has 2 aromatic heterocycles. The van der Waals surface area contributed by atoms with E-state index in [2.05, 4.69) is 20.4 Å². The van der Waals surface area contributed by atoms with Crippen LogP contribution in [-0.4, -0.2) is 21.0 Å². The van der Waals surface area contributed by atoms with Crippen LogP contribution in [0.3, 0.4) is 0 Å². The van der Waals surface area contributed by atoms with Crippen molar-refractivity contribution in [2.75, 3.05) is 5.32 Å². The number of aromatic amines is 1. The summed E-state index contributed by atoms with van der Waals surface area (Å²) in [5.41, 5.74) is 1.06. The molecule has 0 saturated heterocycles. The third-order valence-corrected chi connectivity index (χ3v) is 2.37. The number of rotatable bonds is 3. The van der Waals surface area contributed by atoms with E-state index >= 15 is 0 Å². The number of carbonyl (C=O) groups is 1. The monoisotopic (exact) mass is 234 g/mol. The van der Waals surface area contributed by atoms with Gasteiger partial charge in [0, 0.05) is 18.3 Å². The van der Waals surface area contributed by atoms with Crippen molar-refractivity contribution in [3.05, 3.63) is 29.4 Å². The largest absolute Gasteiger partial charge is 0.360 e. The van der Waals surface area contributed by atoms with E-state index in [0.29, 0.717) is 23.0 Å². The summed E-state index contributed by atoms with van der Waals surface area (Å²) in [4.78, 5) is 18.8. The summed E-state index contributed by atoms with van der Waals surface area (Å²) in [6.45, 7) is 5.64. The number of hydrogen-bond acceptors (Lipinski definition) is 4. The number of amides is 1. The predicted molar refractivity (Wildman–Crippen MR) is 61.9 cm³/mol. The molecule has 2 rings (SSSR count). The van der Waals surface area contributed by atoms with Gasteiger partial charge in [-0.05, 0) is 6.92 Å². The second-order valence-corrected chi connectivity index (χ2v) is 4.05. The van der Waals surface area contributed by atoms with Crippen LogP contribution in [0.4, 0.5) is 5.95 Å². The molecular formula is C11H14N4O2. The topological polar surface area (TPSA) is 83.8 Å². The minimum atomic E-state index is -0.262. The summed E-state index contributed by atoms with van der Waals surface area (Å²) in [6, 6.07) is 0. The van der Waals surface area contributed by atoms with Gasteiger partial charge in [0.05, 0.1) is 5.69 Å². The molecule has 0 aliphatic carbocycles. The molecule has 2 aromatic rings. The number of aryl methyl sites for hydroxylation is 1. The molecule has 0 saturated carbocycles. The van der Waals surface area contributed by atoms with Crippen LogP contribution in [0, 0.1) is 6.92 Å². The zero-order valence-electron chi connectivity index (χ0n) is 9.94. The van der Waals surface area contributed by atoms with E-state index in [0.717, 1.165) is 0 Å². The molecule has 0 bridgehead atoms. The van der Waals surface area contributed by atoms with Crippen LogP contribution in [0.2, 0.25) is 0 Å². The fourth-order valence-corrected chi connectivity index (χ4v) is 1.56. The lowest BCUT2D eigenvalue weighted by molar-refractivity contribution is 0.102. The Kier molecular flexibility index (Phi) is 2.95. The van der Waals surface area contributed by atoms with Crippen molar-refractivity contribution < 1.29 is 9.32 Å². The molecule has 1 amide bonds. The van der Waals surface area contributed by atoms with Gasteiger partial charge < -0.3 is 9.51 Å². The van der Waals surface area contributed by atoms with Crippen molar-refractivity contribution in [3.8, 4) is 0 Å². The van der Waals surface area contributed by atoms with Crippen LogP contribution in [-0.2, 0) is 0 Å². The Labute approximate surface area is 98.4 Å². The Balaban J connectivity index is 2.27. The molecule has 17 heavy (non-hydrogen) atoms. The first-order chi connectivity index (χ1) is 8.09. The molecule has 0 atom stereocenters. The quantitative estimate of drug-likeness (QED) is 0.851. The van der Waals surface area contributed by atoms with E-state index in [1.807, 2.05) is 13.8 Å². The molecule has 0 spiro atoms. The smallest absolute Gasteiger partial charge is 0.263 e. The van der Waals surface area contributed by atoms with Crippen LogP contribution in [0.15, 0.2) is 16.9 Å². The van der Waals surface area contributed by atoms with Crippen molar-refractivity contribution in [3.63, 3.8) is 0 Å². The van der Waals surface area contributed by atoms with Crippen molar-refractivity contribution in [1.29, 1.82) is 0 Å². The van der Waals surface area contributed by atoms with Crippen molar-refractivity contribution in [2.45, 2.75) is 26.7 Å². The summed E-state index contributed by atoms with van der Waals surface area (Å²) in [7, 11) is 0. The van der Waals surface area contributed by atoms with Gasteiger partial charge in [0.15, 0.2) is 5.76 Å². The Bertz CT molecular complexity index is 514. The van der Waals surface area contributed by atoms with Crippen LogP contribution in [0.1, 0.15) is 41.6 Å². The first kappa shape index (κ1) is 11.4. The van der Waals surface area contributed by atoms with Gasteiger partial charge in [0.1, 0.15) is 5.56 Å². The standard InChI is InChI=1S/C11H14N4O2/c1-6(2)9-8(7(3)15-17-9)10(16)14-11-12-4-5-13-11/h4-6H,1-3H3,(H2,12,13,14,16). The zero-order chi connectivity index (χ0) is 12.4. The molecular weight excluding hydrogens is 220 g/mol. The predicted octanol–water partition coefficient (Wildman–Crippen LogP) is 2.08. The third kappa shape index (κ3) is 2.20. The van der Waals surface area contributed by atoms with Gasteiger partial charge in [-0.15, -0.1) is 0 Å². The maximum Gasteiger partial charge on any atom is 0.263 e. The molecule has 0 fully saturated rings. The molecule has 0 unspecified atom stereocenters. The van der Waals surface area contributed by atoms with Crippen LogP contribution in [0.5, 0.6) is 0 Å². The highest BCUT2D eigenvalue weighted by Crippen LogP contribution is 2.22. The first-order valence-corrected chi connectivity index (χ1v) is 5.36. The summed E-state index contributed by atoms with van der Waals surface area (Å²) < 4.78 is 5.16.